The second-order valence-corrected chi connectivity index (χ2v) is 13.5. The molecule has 206 valence electrons. The fraction of sp³-hybridized carbons (Fsp3) is 0.536. The summed E-state index contributed by atoms with van der Waals surface area (Å²) in [7, 11) is -3.83. The van der Waals surface area contributed by atoms with Crippen molar-refractivity contribution < 1.29 is 32.3 Å². The molecule has 2 fully saturated rings. The zero-order valence-electron chi connectivity index (χ0n) is 22.8. The molecule has 1 saturated heterocycles. The molecule has 1 aromatic heterocycles. The molecular formula is C28H36N2O7S. The van der Waals surface area contributed by atoms with Crippen LogP contribution in [0.5, 0.6) is 0 Å². The van der Waals surface area contributed by atoms with Gasteiger partial charge in [0.1, 0.15) is 0 Å². The van der Waals surface area contributed by atoms with Crippen LogP contribution in [0.25, 0.3) is 0 Å². The van der Waals surface area contributed by atoms with Crippen LogP contribution in [0.3, 0.4) is 0 Å². The van der Waals surface area contributed by atoms with Crippen LogP contribution in [0.2, 0.25) is 0 Å². The number of fused-ring (bicyclic) bond motifs is 2. The summed E-state index contributed by atoms with van der Waals surface area (Å²) in [6, 6.07) is 5.65. The largest absolute Gasteiger partial charge is 0.462 e. The third-order valence-corrected chi connectivity index (χ3v) is 9.41. The number of carbonyl (C=O) groups is 3. The molecule has 0 radical (unpaired) electrons. The van der Waals surface area contributed by atoms with Crippen LogP contribution in [0.4, 0.5) is 0 Å². The highest BCUT2D eigenvalue weighted by Gasteiger charge is 2.53. The molecule has 0 spiro atoms. The number of benzene rings is 1. The van der Waals surface area contributed by atoms with Gasteiger partial charge in [0.2, 0.25) is 15.8 Å². The van der Waals surface area contributed by atoms with Crippen molar-refractivity contribution in [1.29, 1.82) is 0 Å². The van der Waals surface area contributed by atoms with E-state index in [1.807, 2.05) is 0 Å². The van der Waals surface area contributed by atoms with E-state index in [9.17, 15) is 22.8 Å². The number of aromatic nitrogens is 1. The Kier molecular flexibility index (Phi) is 7.35. The smallest absolute Gasteiger partial charge is 0.340 e. The van der Waals surface area contributed by atoms with E-state index in [-0.39, 0.29) is 45.1 Å². The number of nitrogens with zero attached hydrogens (tertiary/aromatic N) is 1. The maximum Gasteiger partial charge on any atom is 0.340 e. The maximum absolute atomic E-state index is 13.6. The second kappa shape index (κ2) is 9.96. The first kappa shape index (κ1) is 28.0. The van der Waals surface area contributed by atoms with Gasteiger partial charge in [0, 0.05) is 24.0 Å². The van der Waals surface area contributed by atoms with Crippen LogP contribution in [-0.2, 0) is 19.5 Å². The number of hydrogen-bond donors (Lipinski definition) is 1. The molecule has 10 heteroatoms. The normalized spacial score (nSPS) is 22.7. The molecule has 1 aliphatic carbocycles. The Morgan fingerprint density at radius 1 is 1.03 bits per heavy atom. The van der Waals surface area contributed by atoms with Gasteiger partial charge in [0.25, 0.3) is 0 Å². The van der Waals surface area contributed by atoms with E-state index in [2.05, 4.69) is 25.8 Å². The summed E-state index contributed by atoms with van der Waals surface area (Å²) in [6.07, 6.45) is 2.57. The van der Waals surface area contributed by atoms with Crippen LogP contribution in [0, 0.1) is 24.7 Å². The predicted molar refractivity (Wildman–Crippen MR) is 141 cm³/mol. The molecule has 38 heavy (non-hydrogen) atoms. The first-order valence-electron chi connectivity index (χ1n) is 12.9. The molecule has 2 heterocycles. The average Bonchev–Trinajstić information content (AvgIpc) is 3.27. The van der Waals surface area contributed by atoms with Gasteiger partial charge in [0.15, 0.2) is 6.61 Å². The van der Waals surface area contributed by atoms with Crippen LogP contribution >= 0.6 is 0 Å². The molecule has 0 unspecified atom stereocenters. The van der Waals surface area contributed by atoms with Crippen molar-refractivity contribution in [3.63, 3.8) is 0 Å². The van der Waals surface area contributed by atoms with Crippen molar-refractivity contribution >= 4 is 27.7 Å². The molecule has 1 aliphatic heterocycles. The van der Waals surface area contributed by atoms with Crippen molar-refractivity contribution in [2.24, 2.45) is 10.8 Å². The zero-order valence-corrected chi connectivity index (χ0v) is 23.7. The van der Waals surface area contributed by atoms with Crippen molar-refractivity contribution in [2.45, 2.75) is 71.7 Å². The highest BCUT2D eigenvalue weighted by molar-refractivity contribution is 7.89. The number of nitrogens with one attached hydrogen (secondary N) is 1. The number of rotatable bonds is 8. The van der Waals surface area contributed by atoms with Crippen molar-refractivity contribution in [2.75, 3.05) is 19.8 Å². The lowest BCUT2D eigenvalue weighted by atomic mass is 9.65. The number of aromatic amines is 1. The Balaban J connectivity index is 1.50. The summed E-state index contributed by atoms with van der Waals surface area (Å²) in [4.78, 5) is 41.1. The third-order valence-electron chi connectivity index (χ3n) is 7.51. The maximum atomic E-state index is 13.6. The van der Waals surface area contributed by atoms with Gasteiger partial charge in [-0.15, -0.1) is 0 Å². The Bertz CT molecular complexity index is 1390. The summed E-state index contributed by atoms with van der Waals surface area (Å²) in [5.74, 6) is -2.02. The predicted octanol–water partition coefficient (Wildman–Crippen LogP) is 4.44. The third kappa shape index (κ3) is 5.29. The zero-order chi connectivity index (χ0) is 28.0. The Hall–Kier alpha value is -2.98. The summed E-state index contributed by atoms with van der Waals surface area (Å²) in [6.45, 7) is 11.5. The van der Waals surface area contributed by atoms with E-state index in [0.29, 0.717) is 17.9 Å². The number of aryl methyl sites for hydroxylation is 2. The standard InChI is InChI=1S/C28H36N2O7S/c1-7-36-26(33)24-18(3)29-17(2)23(24)22(31)14-37-25(32)19-9-8-10-21(11-19)38(34,35)30-16-28(6)13-20(30)12-27(4,5)15-28/h8-11,20,29H,7,12-16H2,1-6H3/t20-,28+/m0/s1. The van der Waals surface area contributed by atoms with E-state index in [4.69, 9.17) is 9.47 Å². The van der Waals surface area contributed by atoms with Gasteiger partial charge in [-0.05, 0) is 69.1 Å². The highest BCUT2D eigenvalue weighted by atomic mass is 32.2. The first-order valence-corrected chi connectivity index (χ1v) is 14.3. The van der Waals surface area contributed by atoms with E-state index in [0.717, 1.165) is 19.3 Å². The number of Topliss-reactive ketones (excluding diaryl/α,β-unsaturated/α-hetero) is 1. The lowest BCUT2D eigenvalue weighted by Gasteiger charge is -2.39. The number of sulfonamides is 1. The van der Waals surface area contributed by atoms with Crippen LogP contribution in [0.1, 0.15) is 89.4 Å². The molecule has 2 aromatic rings. The molecule has 4 rings (SSSR count). The summed E-state index contributed by atoms with van der Waals surface area (Å²) >= 11 is 0. The molecule has 1 saturated carbocycles. The number of ketones is 1. The molecule has 1 N–H and O–H groups in total. The number of ether oxygens (including phenoxy) is 2. The number of hydrogen-bond acceptors (Lipinski definition) is 7. The number of carbonyl (C=O) groups excluding carboxylic acids is 3. The van der Waals surface area contributed by atoms with Gasteiger partial charge in [-0.3, -0.25) is 4.79 Å². The highest BCUT2D eigenvalue weighted by Crippen LogP contribution is 2.53. The summed E-state index contributed by atoms with van der Waals surface area (Å²) in [5.41, 5.74) is 1.19. The van der Waals surface area contributed by atoms with Gasteiger partial charge in [-0.2, -0.15) is 4.31 Å². The minimum atomic E-state index is -3.83. The number of esters is 2. The molecule has 9 nitrogen and oxygen atoms in total. The summed E-state index contributed by atoms with van der Waals surface area (Å²) in [5, 5.41) is 0. The lowest BCUT2D eigenvalue weighted by Crippen LogP contribution is -2.37. The monoisotopic (exact) mass is 544 g/mol. The van der Waals surface area contributed by atoms with Gasteiger partial charge in [-0.1, -0.05) is 26.8 Å². The Morgan fingerprint density at radius 3 is 2.39 bits per heavy atom. The van der Waals surface area contributed by atoms with E-state index in [1.54, 1.807) is 25.1 Å². The first-order chi connectivity index (χ1) is 17.7. The molecule has 1 aromatic carbocycles. The Morgan fingerprint density at radius 2 is 1.71 bits per heavy atom. The van der Waals surface area contributed by atoms with Crippen LogP contribution in [0.15, 0.2) is 29.2 Å². The quantitative estimate of drug-likeness (QED) is 0.385. The fourth-order valence-electron chi connectivity index (χ4n) is 6.48. The van der Waals surface area contributed by atoms with Crippen molar-refractivity contribution in [1.82, 2.24) is 9.29 Å². The minimum Gasteiger partial charge on any atom is -0.462 e. The molecule has 2 aliphatic rings. The Labute approximate surface area is 223 Å². The molecular weight excluding hydrogens is 508 g/mol. The fourth-order valence-corrected chi connectivity index (χ4v) is 8.30. The number of H-pyrrole nitrogens is 1. The summed E-state index contributed by atoms with van der Waals surface area (Å²) < 4.78 is 39.1. The van der Waals surface area contributed by atoms with E-state index >= 15 is 0 Å². The molecule has 2 bridgehead atoms. The molecule has 0 amide bonds. The van der Waals surface area contributed by atoms with Crippen LogP contribution in [-0.4, -0.2) is 61.2 Å². The van der Waals surface area contributed by atoms with Crippen molar-refractivity contribution in [3.05, 3.63) is 52.3 Å². The second-order valence-electron chi connectivity index (χ2n) is 11.6. The lowest BCUT2D eigenvalue weighted by molar-refractivity contribution is 0.0472. The van der Waals surface area contributed by atoms with Gasteiger partial charge in [0.05, 0.1) is 28.2 Å². The average molecular weight is 545 g/mol. The van der Waals surface area contributed by atoms with Crippen molar-refractivity contribution in [3.8, 4) is 0 Å². The molecule has 2 atom stereocenters. The van der Waals surface area contributed by atoms with E-state index < -0.39 is 34.4 Å². The minimum absolute atomic E-state index is 0.0222. The SMILES string of the molecule is CCOC(=O)c1c(C)[nH]c(C)c1C(=O)COC(=O)c1cccc(S(=O)(=O)N2C[C@]3(C)C[C@@H]2CC(C)(C)C3)c1. The van der Waals surface area contributed by atoms with Crippen LogP contribution < -0.4 is 0 Å². The van der Waals surface area contributed by atoms with E-state index in [1.165, 1.54) is 24.3 Å². The van der Waals surface area contributed by atoms with Gasteiger partial charge >= 0.3 is 11.9 Å². The van der Waals surface area contributed by atoms with Gasteiger partial charge < -0.3 is 14.5 Å². The topological polar surface area (TPSA) is 123 Å². The van der Waals surface area contributed by atoms with Gasteiger partial charge in [-0.25, -0.2) is 18.0 Å².